The van der Waals surface area contributed by atoms with Crippen molar-refractivity contribution < 1.29 is 19.2 Å². The van der Waals surface area contributed by atoms with Gasteiger partial charge in [-0.1, -0.05) is 62.4 Å². The van der Waals surface area contributed by atoms with Crippen molar-refractivity contribution in [3.05, 3.63) is 70.8 Å². The first kappa shape index (κ1) is 45.3. The first-order valence-corrected chi connectivity index (χ1v) is 17.8. The highest BCUT2D eigenvalue weighted by atomic mass is 16.2. The van der Waals surface area contributed by atoms with E-state index in [4.69, 9.17) is 45.5 Å². The van der Waals surface area contributed by atoms with Gasteiger partial charge in [0, 0.05) is 18.5 Å². The second kappa shape index (κ2) is 23.7. The molecule has 0 heterocycles. The summed E-state index contributed by atoms with van der Waals surface area (Å²) >= 11 is 0. The molecule has 0 fully saturated rings. The van der Waals surface area contributed by atoms with E-state index in [-0.39, 0.29) is 49.6 Å². The molecule has 3 atom stereocenters. The second-order valence-electron chi connectivity index (χ2n) is 13.2. The Labute approximate surface area is 316 Å². The van der Waals surface area contributed by atoms with E-state index >= 15 is 0 Å². The smallest absolute Gasteiger partial charge is 0.239 e. The molecule has 0 radical (unpaired) electrons. The monoisotopic (exact) mass is 753 g/mol. The number of hydrazine groups is 1. The van der Waals surface area contributed by atoms with Crippen molar-refractivity contribution in [1.29, 1.82) is 5.41 Å². The first-order chi connectivity index (χ1) is 25.6. The molecule has 0 aliphatic carbocycles. The lowest BCUT2D eigenvalue weighted by molar-refractivity contribution is -0.139. The van der Waals surface area contributed by atoms with Gasteiger partial charge in [0.15, 0.2) is 5.96 Å². The van der Waals surface area contributed by atoms with Crippen LogP contribution in [0, 0.1) is 11.3 Å². The fraction of sp³-hybridized carbons (Fsp3) is 0.486. The lowest BCUT2D eigenvalue weighted by atomic mass is 9.97. The van der Waals surface area contributed by atoms with Crippen LogP contribution < -0.4 is 72.3 Å². The average molecular weight is 754 g/mol. The standard InChI is InChI=1S/C35H59N15O4/c1-20(2)28(50-49-26(6-4-16-45-34(40)41)31(53)46-18-23-11-13-24(14-12-23)30(36)37)32(54)48-25(5-3-15-44-33(38)39)29(52)27(51)17-21-7-9-22(10-8-21)19-47-35(42)43/h7-14,20,25-26,28,33-34,44-45,49-50H,3-6,15-19,38-41H2,1-2H3,(H3,36,37)(H,46,53)(H,48,54)(H4,42,43,47)/t25-,26-,28-/m0/s1. The van der Waals surface area contributed by atoms with Gasteiger partial charge in [-0.05, 0) is 61.4 Å². The van der Waals surface area contributed by atoms with Gasteiger partial charge in [0.2, 0.25) is 23.4 Å². The van der Waals surface area contributed by atoms with Gasteiger partial charge in [-0.3, -0.25) is 35.2 Å². The fourth-order valence-corrected chi connectivity index (χ4v) is 5.20. The summed E-state index contributed by atoms with van der Waals surface area (Å²) in [6.45, 7) is 4.87. The number of carbonyl (C=O) groups is 4. The molecule has 298 valence electrons. The van der Waals surface area contributed by atoms with Gasteiger partial charge in [-0.25, -0.2) is 15.8 Å². The topological polar surface area (TPSA) is 359 Å². The number of nitrogens with two attached hydrogens (primary N) is 7. The summed E-state index contributed by atoms with van der Waals surface area (Å²) in [4.78, 5) is 57.8. The molecular formula is C35H59N15O4. The molecule has 19 heteroatoms. The molecule has 2 aromatic carbocycles. The molecular weight excluding hydrogens is 694 g/mol. The van der Waals surface area contributed by atoms with Crippen molar-refractivity contribution in [2.75, 3.05) is 13.1 Å². The quantitative estimate of drug-likeness (QED) is 0.0113. The Balaban J connectivity index is 2.16. The Morgan fingerprint density at radius 3 is 1.78 bits per heavy atom. The summed E-state index contributed by atoms with van der Waals surface area (Å²) < 4.78 is 0. The Bertz CT molecular complexity index is 1530. The van der Waals surface area contributed by atoms with Gasteiger partial charge < -0.3 is 50.8 Å². The first-order valence-electron chi connectivity index (χ1n) is 17.8. The Morgan fingerprint density at radius 2 is 1.26 bits per heavy atom. The van der Waals surface area contributed by atoms with E-state index in [0.29, 0.717) is 43.5 Å². The molecule has 0 saturated heterocycles. The van der Waals surface area contributed by atoms with Gasteiger partial charge in [-0.15, -0.1) is 0 Å². The number of hydrogen-bond donors (Lipinski definition) is 14. The fourth-order valence-electron chi connectivity index (χ4n) is 5.20. The van der Waals surface area contributed by atoms with Crippen LogP contribution in [0.1, 0.15) is 61.8 Å². The van der Waals surface area contributed by atoms with E-state index in [1.165, 1.54) is 0 Å². The number of carbonyl (C=O) groups excluding carboxylic acids is 4. The van der Waals surface area contributed by atoms with Crippen LogP contribution in [0.5, 0.6) is 0 Å². The second-order valence-corrected chi connectivity index (χ2v) is 13.2. The zero-order valence-electron chi connectivity index (χ0n) is 31.1. The number of guanidine groups is 1. The highest BCUT2D eigenvalue weighted by Crippen LogP contribution is 2.11. The predicted molar refractivity (Wildman–Crippen MR) is 208 cm³/mol. The molecule has 0 aliphatic heterocycles. The summed E-state index contributed by atoms with van der Waals surface area (Å²) in [5, 5.41) is 19.0. The van der Waals surface area contributed by atoms with Crippen LogP contribution in [0.15, 0.2) is 53.5 Å². The van der Waals surface area contributed by atoms with E-state index < -0.39 is 48.2 Å². The number of rotatable bonds is 26. The van der Waals surface area contributed by atoms with Crippen molar-refractivity contribution in [2.24, 2.45) is 51.0 Å². The lowest BCUT2D eigenvalue weighted by Gasteiger charge is -2.28. The molecule has 0 aliphatic rings. The zero-order chi connectivity index (χ0) is 40.2. The largest absolute Gasteiger partial charge is 0.384 e. The van der Waals surface area contributed by atoms with Crippen LogP contribution in [0.4, 0.5) is 0 Å². The minimum absolute atomic E-state index is 0.0421. The van der Waals surface area contributed by atoms with E-state index in [2.05, 4.69) is 37.1 Å². The molecule has 0 unspecified atom stereocenters. The Hall–Kier alpha value is -4.86. The van der Waals surface area contributed by atoms with Crippen molar-refractivity contribution in [1.82, 2.24) is 32.1 Å². The van der Waals surface area contributed by atoms with Crippen LogP contribution in [-0.4, -0.2) is 79.0 Å². The zero-order valence-corrected chi connectivity index (χ0v) is 31.1. The Morgan fingerprint density at radius 1 is 0.722 bits per heavy atom. The number of amidine groups is 1. The summed E-state index contributed by atoms with van der Waals surface area (Å²) in [6.07, 6.45) is -0.284. The average Bonchev–Trinajstić information content (AvgIpc) is 3.11. The number of Topliss-reactive ketones (excluding diaryl/α,β-unsaturated/α-hetero) is 2. The van der Waals surface area contributed by atoms with Gasteiger partial charge in [0.05, 0.1) is 18.6 Å². The highest BCUT2D eigenvalue weighted by molar-refractivity contribution is 6.39. The third kappa shape index (κ3) is 17.3. The maximum atomic E-state index is 13.7. The summed E-state index contributed by atoms with van der Waals surface area (Å²) in [7, 11) is 0. The van der Waals surface area contributed by atoms with Crippen molar-refractivity contribution >= 4 is 35.2 Å². The maximum absolute atomic E-state index is 13.7. The molecule has 2 aromatic rings. The molecule has 0 saturated carbocycles. The van der Waals surface area contributed by atoms with Crippen LogP contribution in [0.25, 0.3) is 0 Å². The number of ketones is 2. The lowest BCUT2D eigenvalue weighted by Crippen LogP contribution is -2.60. The van der Waals surface area contributed by atoms with Crippen LogP contribution in [-0.2, 0) is 38.7 Å². The van der Waals surface area contributed by atoms with Gasteiger partial charge in [0.25, 0.3) is 0 Å². The van der Waals surface area contributed by atoms with E-state index in [9.17, 15) is 19.2 Å². The van der Waals surface area contributed by atoms with Crippen molar-refractivity contribution in [2.45, 2.75) is 89.7 Å². The number of amides is 2. The molecule has 2 rings (SSSR count). The normalized spacial score (nSPS) is 13.0. The van der Waals surface area contributed by atoms with Crippen LogP contribution >= 0.6 is 0 Å². The molecule has 0 spiro atoms. The SMILES string of the molecule is CC(C)[C@H](NN[C@@H](CCCNC(N)N)C(=O)NCc1ccc(C(=N)N)cc1)C(=O)N[C@@H](CCCNC(N)N)C(=O)C(=O)Cc1ccc(CN=C(N)N)cc1. The molecule has 21 N–H and O–H groups in total. The third-order valence-corrected chi connectivity index (χ3v) is 8.25. The molecule has 2 amide bonds. The summed E-state index contributed by atoms with van der Waals surface area (Å²) in [6, 6.07) is 11.0. The Kier molecular flexibility index (Phi) is 19.9. The van der Waals surface area contributed by atoms with E-state index in [1.54, 1.807) is 62.4 Å². The minimum atomic E-state index is -1.13. The third-order valence-electron chi connectivity index (χ3n) is 8.25. The number of hydrogen-bond acceptors (Lipinski definition) is 14. The van der Waals surface area contributed by atoms with Gasteiger partial charge in [0.1, 0.15) is 24.5 Å². The summed E-state index contributed by atoms with van der Waals surface area (Å²) in [5.74, 6) is -2.72. The van der Waals surface area contributed by atoms with Crippen LogP contribution in [0.2, 0.25) is 0 Å². The van der Waals surface area contributed by atoms with Crippen molar-refractivity contribution in [3.8, 4) is 0 Å². The van der Waals surface area contributed by atoms with E-state index in [0.717, 1.165) is 11.1 Å². The molecule has 19 nitrogen and oxygen atoms in total. The number of nitrogens with one attached hydrogen (secondary N) is 7. The predicted octanol–water partition coefficient (Wildman–Crippen LogP) is -3.15. The van der Waals surface area contributed by atoms with Crippen molar-refractivity contribution in [3.63, 3.8) is 0 Å². The number of aliphatic imine (C=N–C) groups is 1. The van der Waals surface area contributed by atoms with E-state index in [1.807, 2.05) is 0 Å². The molecule has 54 heavy (non-hydrogen) atoms. The summed E-state index contributed by atoms with van der Waals surface area (Å²) in [5.41, 5.74) is 47.5. The number of nitrogen functional groups attached to an aromatic ring is 1. The van der Waals surface area contributed by atoms with Crippen LogP contribution in [0.3, 0.4) is 0 Å². The van der Waals surface area contributed by atoms with Gasteiger partial charge in [-0.2, -0.15) is 0 Å². The molecule has 0 bridgehead atoms. The number of nitrogens with zero attached hydrogens (tertiary/aromatic N) is 1. The molecule has 0 aromatic heterocycles. The highest BCUT2D eigenvalue weighted by Gasteiger charge is 2.31. The minimum Gasteiger partial charge on any atom is -0.384 e. The number of benzene rings is 2. The maximum Gasteiger partial charge on any atom is 0.239 e. The van der Waals surface area contributed by atoms with Gasteiger partial charge >= 0.3 is 0 Å².